The van der Waals surface area contributed by atoms with Gasteiger partial charge in [0.25, 0.3) is 0 Å². The number of rotatable bonds is 5. The molecule has 0 bridgehead atoms. The third-order valence-corrected chi connectivity index (χ3v) is 9.55. The summed E-state index contributed by atoms with van der Waals surface area (Å²) in [6.45, 7) is 8.54. The van der Waals surface area contributed by atoms with Gasteiger partial charge in [0.05, 0.1) is 8.07 Å². The van der Waals surface area contributed by atoms with Crippen LogP contribution in [0.5, 0.6) is 0 Å². The number of ketones is 1. The van der Waals surface area contributed by atoms with Crippen molar-refractivity contribution in [2.75, 3.05) is 0 Å². The smallest absolute Gasteiger partial charge is 0.159 e. The summed E-state index contributed by atoms with van der Waals surface area (Å²) in [4.78, 5) is 11.2. The molecule has 0 unspecified atom stereocenters. The summed E-state index contributed by atoms with van der Waals surface area (Å²) in [6.07, 6.45) is 0. The monoisotopic (exact) mass is 234 g/mol. The molecule has 1 nitrogen and oxygen atoms in total. The lowest BCUT2D eigenvalue weighted by atomic mass is 10.2. The maximum absolute atomic E-state index is 11.2. The van der Waals surface area contributed by atoms with E-state index < -0.39 is 8.07 Å². The fourth-order valence-electron chi connectivity index (χ4n) is 2.42. The largest absolute Gasteiger partial charge is 0.295 e. The lowest BCUT2D eigenvalue weighted by Crippen LogP contribution is -2.45. The normalized spacial score (nSPS) is 11.5. The van der Waals surface area contributed by atoms with Crippen molar-refractivity contribution in [3.8, 4) is 0 Å². The number of Topliss-reactive ketones (excluding diaryl/α,β-unsaturated/α-hetero) is 1. The van der Waals surface area contributed by atoms with Crippen LogP contribution in [0.4, 0.5) is 0 Å². The van der Waals surface area contributed by atoms with E-state index in [2.05, 4.69) is 32.9 Å². The SMILES string of the molecule is CC[Si](CC)(CC)c1ccc(C(C)=O)cc1. The number of hydrogen-bond donors (Lipinski definition) is 0. The molecule has 0 saturated heterocycles. The van der Waals surface area contributed by atoms with E-state index >= 15 is 0 Å². The maximum Gasteiger partial charge on any atom is 0.159 e. The number of carbonyl (C=O) groups is 1. The van der Waals surface area contributed by atoms with Crippen molar-refractivity contribution in [3.63, 3.8) is 0 Å². The van der Waals surface area contributed by atoms with Gasteiger partial charge in [0.2, 0.25) is 0 Å². The van der Waals surface area contributed by atoms with E-state index in [-0.39, 0.29) is 5.78 Å². The van der Waals surface area contributed by atoms with Gasteiger partial charge in [-0.2, -0.15) is 0 Å². The first kappa shape index (κ1) is 13.2. The average Bonchev–Trinajstić information content (AvgIpc) is 2.33. The van der Waals surface area contributed by atoms with Gasteiger partial charge < -0.3 is 0 Å². The molecule has 0 aliphatic heterocycles. The second-order valence-electron chi connectivity index (χ2n) is 4.47. The van der Waals surface area contributed by atoms with Gasteiger partial charge in [-0.3, -0.25) is 4.79 Å². The van der Waals surface area contributed by atoms with Gasteiger partial charge in [0.1, 0.15) is 0 Å². The Kier molecular flexibility index (Phi) is 4.48. The summed E-state index contributed by atoms with van der Waals surface area (Å²) in [6, 6.07) is 12.2. The molecule has 0 aliphatic rings. The molecule has 0 spiro atoms. The fraction of sp³-hybridized carbons (Fsp3) is 0.500. The van der Waals surface area contributed by atoms with Crippen molar-refractivity contribution < 1.29 is 4.79 Å². The van der Waals surface area contributed by atoms with Crippen LogP contribution in [0.3, 0.4) is 0 Å². The van der Waals surface area contributed by atoms with Crippen molar-refractivity contribution in [1.29, 1.82) is 0 Å². The molecule has 16 heavy (non-hydrogen) atoms. The van der Waals surface area contributed by atoms with Crippen molar-refractivity contribution in [3.05, 3.63) is 29.8 Å². The second-order valence-corrected chi connectivity index (χ2v) is 9.73. The van der Waals surface area contributed by atoms with E-state index in [1.807, 2.05) is 12.1 Å². The zero-order valence-corrected chi connectivity index (χ0v) is 11.8. The van der Waals surface area contributed by atoms with Gasteiger partial charge in [0.15, 0.2) is 5.78 Å². The van der Waals surface area contributed by atoms with Crippen molar-refractivity contribution in [2.24, 2.45) is 0 Å². The molecule has 0 aromatic heterocycles. The molecular formula is C14H22OSi. The van der Waals surface area contributed by atoms with Crippen LogP contribution in [-0.4, -0.2) is 13.9 Å². The van der Waals surface area contributed by atoms with E-state index in [9.17, 15) is 4.79 Å². The Morgan fingerprint density at radius 3 is 1.75 bits per heavy atom. The molecule has 0 saturated carbocycles. The first-order valence-corrected chi connectivity index (χ1v) is 8.83. The van der Waals surface area contributed by atoms with E-state index in [0.717, 1.165) is 5.56 Å². The van der Waals surface area contributed by atoms with Gasteiger partial charge in [0, 0.05) is 5.56 Å². The standard InChI is InChI=1S/C14H22OSi/c1-5-16(6-2,7-3)14-10-8-13(9-11-14)12(4)15/h8-11H,5-7H2,1-4H3. The Morgan fingerprint density at radius 1 is 1.00 bits per heavy atom. The molecule has 2 heteroatoms. The van der Waals surface area contributed by atoms with Crippen LogP contribution in [0, 0.1) is 0 Å². The highest BCUT2D eigenvalue weighted by molar-refractivity contribution is 6.91. The molecule has 0 amide bonds. The molecule has 1 aromatic carbocycles. The highest BCUT2D eigenvalue weighted by atomic mass is 28.3. The Labute approximate surface area is 99.9 Å². The molecule has 0 fully saturated rings. The minimum absolute atomic E-state index is 0.156. The summed E-state index contributed by atoms with van der Waals surface area (Å²) >= 11 is 0. The van der Waals surface area contributed by atoms with Crippen molar-refractivity contribution in [1.82, 2.24) is 0 Å². The Morgan fingerprint density at radius 2 is 1.44 bits per heavy atom. The predicted molar refractivity (Wildman–Crippen MR) is 73.3 cm³/mol. The van der Waals surface area contributed by atoms with Gasteiger partial charge in [-0.05, 0) is 6.92 Å². The topological polar surface area (TPSA) is 17.1 Å². The molecule has 0 aliphatic carbocycles. The number of hydrogen-bond acceptors (Lipinski definition) is 1. The highest BCUT2D eigenvalue weighted by Crippen LogP contribution is 2.20. The molecule has 0 radical (unpaired) electrons. The lowest BCUT2D eigenvalue weighted by Gasteiger charge is -2.28. The molecular weight excluding hydrogens is 212 g/mol. The van der Waals surface area contributed by atoms with E-state index in [1.54, 1.807) is 6.92 Å². The number of carbonyl (C=O) groups excluding carboxylic acids is 1. The van der Waals surface area contributed by atoms with Crippen LogP contribution in [-0.2, 0) is 0 Å². The predicted octanol–water partition coefficient (Wildman–Crippen LogP) is 3.60. The van der Waals surface area contributed by atoms with Gasteiger partial charge in [-0.25, -0.2) is 0 Å². The molecule has 1 aromatic rings. The quantitative estimate of drug-likeness (QED) is 0.562. The summed E-state index contributed by atoms with van der Waals surface area (Å²) in [7, 11) is -1.26. The Hall–Kier alpha value is -0.893. The summed E-state index contributed by atoms with van der Waals surface area (Å²) in [5.41, 5.74) is 0.829. The minimum atomic E-state index is -1.26. The summed E-state index contributed by atoms with van der Waals surface area (Å²) < 4.78 is 0. The van der Waals surface area contributed by atoms with Gasteiger partial charge in [-0.15, -0.1) is 0 Å². The Bertz CT molecular complexity index is 341. The molecule has 0 N–H and O–H groups in total. The van der Waals surface area contributed by atoms with E-state index in [4.69, 9.17) is 0 Å². The summed E-state index contributed by atoms with van der Waals surface area (Å²) in [5.74, 6) is 0.156. The zero-order chi connectivity index (χ0) is 12.2. The fourth-order valence-corrected chi connectivity index (χ4v) is 6.02. The van der Waals surface area contributed by atoms with Gasteiger partial charge >= 0.3 is 0 Å². The van der Waals surface area contributed by atoms with Crippen molar-refractivity contribution >= 4 is 19.0 Å². The second kappa shape index (κ2) is 5.44. The maximum atomic E-state index is 11.2. The first-order valence-electron chi connectivity index (χ1n) is 6.21. The molecule has 88 valence electrons. The van der Waals surface area contributed by atoms with Crippen LogP contribution in [0.1, 0.15) is 38.1 Å². The lowest BCUT2D eigenvalue weighted by molar-refractivity contribution is 0.101. The molecule has 0 heterocycles. The Balaban J connectivity index is 3.08. The first-order chi connectivity index (χ1) is 7.59. The molecule has 0 atom stereocenters. The van der Waals surface area contributed by atoms with Crippen LogP contribution in [0.2, 0.25) is 18.1 Å². The third kappa shape index (κ3) is 2.43. The van der Waals surface area contributed by atoms with Gasteiger partial charge in [-0.1, -0.05) is 68.4 Å². The average molecular weight is 234 g/mol. The zero-order valence-electron chi connectivity index (χ0n) is 10.8. The van der Waals surface area contributed by atoms with E-state index in [1.165, 1.54) is 23.3 Å². The summed E-state index contributed by atoms with van der Waals surface area (Å²) in [5, 5.41) is 1.50. The number of benzene rings is 1. The van der Waals surface area contributed by atoms with Crippen LogP contribution in [0.25, 0.3) is 0 Å². The minimum Gasteiger partial charge on any atom is -0.295 e. The van der Waals surface area contributed by atoms with Crippen molar-refractivity contribution in [2.45, 2.75) is 45.8 Å². The van der Waals surface area contributed by atoms with Crippen LogP contribution < -0.4 is 5.19 Å². The van der Waals surface area contributed by atoms with Crippen LogP contribution in [0.15, 0.2) is 24.3 Å². The highest BCUT2D eigenvalue weighted by Gasteiger charge is 2.28. The van der Waals surface area contributed by atoms with Crippen LogP contribution >= 0.6 is 0 Å². The third-order valence-electron chi connectivity index (χ3n) is 3.93. The van der Waals surface area contributed by atoms with E-state index in [0.29, 0.717) is 0 Å². The molecule has 1 rings (SSSR count).